The molecule has 0 saturated heterocycles. The van der Waals surface area contributed by atoms with Crippen LogP contribution in [0.5, 0.6) is 5.75 Å². The number of halogens is 1. The van der Waals surface area contributed by atoms with Gasteiger partial charge in [0.25, 0.3) is 0 Å². The van der Waals surface area contributed by atoms with Gasteiger partial charge in [-0.05, 0) is 48.5 Å². The Balaban J connectivity index is 1.93. The second kappa shape index (κ2) is 8.69. The van der Waals surface area contributed by atoms with Crippen LogP contribution in [0.2, 0.25) is 0 Å². The molecule has 0 aliphatic rings. The van der Waals surface area contributed by atoms with Crippen molar-refractivity contribution < 1.29 is 14.2 Å². The van der Waals surface area contributed by atoms with E-state index in [9.17, 15) is 9.50 Å². The Morgan fingerprint density at radius 3 is 2.60 bits per heavy atom. The molecule has 0 bridgehead atoms. The van der Waals surface area contributed by atoms with Gasteiger partial charge in [0.1, 0.15) is 11.6 Å². The average Bonchev–Trinajstić information content (AvgIpc) is 3.14. The molecule has 2 N–H and O–H groups in total. The van der Waals surface area contributed by atoms with Gasteiger partial charge in [0.2, 0.25) is 0 Å². The molecule has 0 saturated carbocycles. The molecule has 0 amide bonds. The summed E-state index contributed by atoms with van der Waals surface area (Å²) >= 11 is 0. The molecular weight excluding hydrogens is 379 g/mol. The lowest BCUT2D eigenvalue weighted by atomic mass is 10.0. The molecule has 5 heteroatoms. The van der Waals surface area contributed by atoms with E-state index in [1.54, 1.807) is 20.2 Å². The summed E-state index contributed by atoms with van der Waals surface area (Å²) in [5.41, 5.74) is 3.74. The number of methoxy groups -OCH3 is 1. The number of nitrogens with zero attached hydrogens (tertiary/aromatic N) is 1. The standard InChI is InChI=1S/C25H25FN2O2/c1-27-15-24(29)25(18-8-5-9-19(26)13-18)28-16-22(21-11-3-4-12-23(21)28)17-7-6-10-20(14-17)30-2/h3-14,16,24-25,27,29H,15H2,1-2H3/t24-,25+/m1/s1. The van der Waals surface area contributed by atoms with Gasteiger partial charge < -0.3 is 19.7 Å². The molecule has 0 fully saturated rings. The van der Waals surface area contributed by atoms with Crippen molar-refractivity contribution in [3.8, 4) is 16.9 Å². The minimum absolute atomic E-state index is 0.321. The summed E-state index contributed by atoms with van der Waals surface area (Å²) in [5, 5.41) is 15.1. The predicted octanol–water partition coefficient (Wildman–Crippen LogP) is 4.63. The molecule has 2 atom stereocenters. The first kappa shape index (κ1) is 20.1. The van der Waals surface area contributed by atoms with Crippen LogP contribution in [-0.4, -0.2) is 36.5 Å². The lowest BCUT2D eigenvalue weighted by Gasteiger charge is -2.26. The molecule has 0 aliphatic heterocycles. The number of aliphatic hydroxyl groups excluding tert-OH is 1. The Labute approximate surface area is 175 Å². The molecule has 0 spiro atoms. The normalized spacial score (nSPS) is 13.3. The Bertz CT molecular complexity index is 1150. The molecule has 1 aromatic heterocycles. The molecule has 0 aliphatic carbocycles. The van der Waals surface area contributed by atoms with E-state index in [4.69, 9.17) is 4.74 Å². The third-order valence-corrected chi connectivity index (χ3v) is 5.39. The van der Waals surface area contributed by atoms with Gasteiger partial charge in [0.15, 0.2) is 0 Å². The molecule has 3 aromatic carbocycles. The maximum absolute atomic E-state index is 14.0. The largest absolute Gasteiger partial charge is 0.497 e. The Morgan fingerprint density at radius 1 is 1.03 bits per heavy atom. The van der Waals surface area contributed by atoms with Gasteiger partial charge in [-0.3, -0.25) is 0 Å². The van der Waals surface area contributed by atoms with Gasteiger partial charge in [0, 0.05) is 29.2 Å². The van der Waals surface area contributed by atoms with Crippen LogP contribution in [-0.2, 0) is 0 Å². The van der Waals surface area contributed by atoms with Crippen molar-refractivity contribution in [2.75, 3.05) is 20.7 Å². The number of rotatable bonds is 7. The highest BCUT2D eigenvalue weighted by Crippen LogP contribution is 2.36. The van der Waals surface area contributed by atoms with E-state index in [-0.39, 0.29) is 5.82 Å². The number of aromatic nitrogens is 1. The Hall–Kier alpha value is -3.15. The molecule has 4 aromatic rings. The topological polar surface area (TPSA) is 46.4 Å². The van der Waals surface area contributed by atoms with Gasteiger partial charge in [-0.15, -0.1) is 0 Å². The fourth-order valence-corrected chi connectivity index (χ4v) is 4.03. The van der Waals surface area contributed by atoms with Crippen molar-refractivity contribution in [3.05, 3.63) is 90.4 Å². The molecule has 1 heterocycles. The fourth-order valence-electron chi connectivity index (χ4n) is 4.03. The zero-order valence-corrected chi connectivity index (χ0v) is 17.0. The average molecular weight is 404 g/mol. The van der Waals surface area contributed by atoms with E-state index in [1.807, 2.05) is 59.3 Å². The first-order valence-electron chi connectivity index (χ1n) is 9.94. The third kappa shape index (κ3) is 3.82. The fraction of sp³-hybridized carbons (Fsp3) is 0.200. The molecule has 154 valence electrons. The number of hydrogen-bond donors (Lipinski definition) is 2. The second-order valence-corrected chi connectivity index (χ2v) is 7.32. The van der Waals surface area contributed by atoms with Gasteiger partial charge in [-0.25, -0.2) is 4.39 Å². The second-order valence-electron chi connectivity index (χ2n) is 7.32. The highest BCUT2D eigenvalue weighted by atomic mass is 19.1. The molecular formula is C25H25FN2O2. The van der Waals surface area contributed by atoms with Crippen LogP contribution in [0.3, 0.4) is 0 Å². The first-order valence-corrected chi connectivity index (χ1v) is 9.94. The maximum Gasteiger partial charge on any atom is 0.123 e. The van der Waals surface area contributed by atoms with Crippen LogP contribution < -0.4 is 10.1 Å². The van der Waals surface area contributed by atoms with E-state index in [0.717, 1.165) is 33.3 Å². The summed E-state index contributed by atoms with van der Waals surface area (Å²) < 4.78 is 21.5. The van der Waals surface area contributed by atoms with Crippen LogP contribution in [0.15, 0.2) is 79.0 Å². The predicted molar refractivity (Wildman–Crippen MR) is 118 cm³/mol. The van der Waals surface area contributed by atoms with E-state index >= 15 is 0 Å². The van der Waals surface area contributed by atoms with E-state index in [2.05, 4.69) is 11.4 Å². The first-order chi connectivity index (χ1) is 14.6. The van der Waals surface area contributed by atoms with Crippen molar-refractivity contribution in [2.24, 2.45) is 0 Å². The summed E-state index contributed by atoms with van der Waals surface area (Å²) in [7, 11) is 3.44. The van der Waals surface area contributed by atoms with Crippen LogP contribution in [0, 0.1) is 5.82 Å². The van der Waals surface area contributed by atoms with Gasteiger partial charge >= 0.3 is 0 Å². The van der Waals surface area contributed by atoms with E-state index in [0.29, 0.717) is 6.54 Å². The summed E-state index contributed by atoms with van der Waals surface area (Å²) in [6.45, 7) is 0.377. The van der Waals surface area contributed by atoms with Gasteiger partial charge in [-0.1, -0.05) is 42.5 Å². The monoisotopic (exact) mass is 404 g/mol. The SMILES string of the molecule is CNC[C@@H](O)[C@H](c1cccc(F)c1)n1cc(-c2cccc(OC)c2)c2ccccc21. The zero-order chi connectivity index (χ0) is 21.1. The molecule has 0 radical (unpaired) electrons. The van der Waals surface area contributed by atoms with Crippen molar-refractivity contribution in [3.63, 3.8) is 0 Å². The van der Waals surface area contributed by atoms with E-state index < -0.39 is 12.1 Å². The van der Waals surface area contributed by atoms with Crippen LogP contribution in [0.4, 0.5) is 4.39 Å². The van der Waals surface area contributed by atoms with Crippen LogP contribution in [0.1, 0.15) is 11.6 Å². The highest BCUT2D eigenvalue weighted by Gasteiger charge is 2.25. The highest BCUT2D eigenvalue weighted by molar-refractivity contribution is 5.96. The van der Waals surface area contributed by atoms with Crippen molar-refractivity contribution in [2.45, 2.75) is 12.1 Å². The summed E-state index contributed by atoms with van der Waals surface area (Å²) in [4.78, 5) is 0. The number of benzene rings is 3. The smallest absolute Gasteiger partial charge is 0.123 e. The molecule has 0 unspecified atom stereocenters. The Morgan fingerprint density at radius 2 is 1.83 bits per heavy atom. The zero-order valence-electron chi connectivity index (χ0n) is 17.0. The van der Waals surface area contributed by atoms with Gasteiger partial charge in [-0.2, -0.15) is 0 Å². The Kier molecular flexibility index (Phi) is 5.84. The number of nitrogens with one attached hydrogen (secondary N) is 1. The van der Waals surface area contributed by atoms with E-state index in [1.165, 1.54) is 12.1 Å². The quantitative estimate of drug-likeness (QED) is 0.472. The van der Waals surface area contributed by atoms with Gasteiger partial charge in [0.05, 0.1) is 19.3 Å². The summed E-state index contributed by atoms with van der Waals surface area (Å²) in [6, 6.07) is 22.0. The number of para-hydroxylation sites is 1. The van der Waals surface area contributed by atoms with Crippen molar-refractivity contribution in [1.29, 1.82) is 0 Å². The number of hydrogen-bond acceptors (Lipinski definition) is 3. The lowest BCUT2D eigenvalue weighted by Crippen LogP contribution is -2.33. The molecule has 4 nitrogen and oxygen atoms in total. The van der Waals surface area contributed by atoms with Crippen LogP contribution >= 0.6 is 0 Å². The number of fused-ring (bicyclic) bond motifs is 1. The van der Waals surface area contributed by atoms with Crippen molar-refractivity contribution in [1.82, 2.24) is 9.88 Å². The minimum Gasteiger partial charge on any atom is -0.497 e. The summed E-state index contributed by atoms with van der Waals surface area (Å²) in [5.74, 6) is 0.458. The molecule has 4 rings (SSSR count). The van der Waals surface area contributed by atoms with Crippen LogP contribution in [0.25, 0.3) is 22.0 Å². The van der Waals surface area contributed by atoms with Crippen molar-refractivity contribution >= 4 is 10.9 Å². The lowest BCUT2D eigenvalue weighted by molar-refractivity contribution is 0.132. The number of ether oxygens (including phenoxy) is 1. The summed E-state index contributed by atoms with van der Waals surface area (Å²) in [6.07, 6.45) is 1.29. The maximum atomic E-state index is 14.0. The minimum atomic E-state index is -0.745. The number of aliphatic hydroxyl groups is 1. The third-order valence-electron chi connectivity index (χ3n) is 5.39. The number of likely N-dealkylation sites (N-methyl/N-ethyl adjacent to an activating group) is 1. The molecule has 30 heavy (non-hydrogen) atoms.